The molecule has 12 heteroatoms. The lowest BCUT2D eigenvalue weighted by atomic mass is 10.1. The van der Waals surface area contributed by atoms with E-state index in [-0.39, 0.29) is 51.2 Å². The number of amides is 3. The Morgan fingerprint density at radius 2 is 1.13 bits per heavy atom. The van der Waals surface area contributed by atoms with E-state index in [0.717, 1.165) is 6.08 Å². The fraction of sp³-hybridized carbons (Fsp3) is 0.593. The van der Waals surface area contributed by atoms with Crippen LogP contribution in [0.2, 0.25) is 0 Å². The maximum absolute atomic E-state index is 11.4. The molecule has 0 heterocycles. The van der Waals surface area contributed by atoms with Gasteiger partial charge in [0.05, 0.1) is 38.6 Å². The molecule has 0 aliphatic heterocycles. The maximum atomic E-state index is 11.4. The molecule has 0 spiro atoms. The van der Waals surface area contributed by atoms with Crippen molar-refractivity contribution < 1.29 is 43.9 Å². The Balaban J connectivity index is 4.77. The first kappa shape index (κ1) is 36.1. The van der Waals surface area contributed by atoms with Gasteiger partial charge >= 0.3 is 0 Å². The van der Waals surface area contributed by atoms with Crippen LogP contribution in [0.3, 0.4) is 0 Å². The molecule has 222 valence electrons. The highest BCUT2D eigenvalue weighted by molar-refractivity contribution is 5.87. The summed E-state index contributed by atoms with van der Waals surface area (Å²) in [5.41, 5.74) is 0. The Labute approximate surface area is 230 Å². The molecule has 12 nitrogen and oxygen atoms in total. The van der Waals surface area contributed by atoms with Gasteiger partial charge in [-0.05, 0) is 50.0 Å². The number of rotatable bonds is 25. The molecule has 0 aromatic carbocycles. The van der Waals surface area contributed by atoms with E-state index < -0.39 is 30.0 Å². The van der Waals surface area contributed by atoms with Gasteiger partial charge in [0.2, 0.25) is 17.7 Å². The summed E-state index contributed by atoms with van der Waals surface area (Å²) < 4.78 is 16.9. The molecule has 3 unspecified atom stereocenters. The minimum absolute atomic E-state index is 0.00924. The van der Waals surface area contributed by atoms with Crippen LogP contribution in [0.15, 0.2) is 50.6 Å². The first-order chi connectivity index (χ1) is 18.6. The normalized spacial score (nSPS) is 14.6. The molecule has 3 atom stereocenters. The summed E-state index contributed by atoms with van der Waals surface area (Å²) in [5.74, 6) is -2.79. The Morgan fingerprint density at radius 1 is 0.718 bits per heavy atom. The predicted octanol–water partition coefficient (Wildman–Crippen LogP) is -0.142. The molecule has 0 fully saturated rings. The minimum Gasteiger partial charge on any atom is -0.391 e. The summed E-state index contributed by atoms with van der Waals surface area (Å²) in [6.45, 7) is 14.4. The quantitative estimate of drug-likeness (QED) is 0.0387. The van der Waals surface area contributed by atoms with Crippen LogP contribution in [0.1, 0.15) is 32.1 Å². The number of hydrogen-bond acceptors (Lipinski definition) is 9. The molecule has 0 saturated heterocycles. The zero-order valence-electron chi connectivity index (χ0n) is 22.6. The van der Waals surface area contributed by atoms with E-state index >= 15 is 0 Å². The molecule has 0 rings (SSSR count). The zero-order valence-corrected chi connectivity index (χ0v) is 22.6. The molecule has 0 saturated carbocycles. The molecule has 3 amide bonds. The van der Waals surface area contributed by atoms with E-state index in [9.17, 15) is 29.7 Å². The first-order valence-corrected chi connectivity index (χ1v) is 12.8. The third-order valence-corrected chi connectivity index (χ3v) is 5.28. The summed E-state index contributed by atoms with van der Waals surface area (Å²) in [6.07, 6.45) is 4.09. The lowest BCUT2D eigenvalue weighted by Crippen LogP contribution is -2.42. The number of hydrogen-bond donors (Lipinski definition) is 6. The lowest BCUT2D eigenvalue weighted by Gasteiger charge is -2.30. The number of aliphatic hydroxyl groups is 3. The summed E-state index contributed by atoms with van der Waals surface area (Å²) in [7, 11) is 0. The van der Waals surface area contributed by atoms with Gasteiger partial charge in [-0.2, -0.15) is 0 Å². The molecule has 0 aromatic heterocycles. The van der Waals surface area contributed by atoms with Crippen molar-refractivity contribution in [1.29, 1.82) is 0 Å². The Kier molecular flexibility index (Phi) is 20.4. The van der Waals surface area contributed by atoms with Gasteiger partial charge in [-0.3, -0.25) is 14.4 Å². The predicted molar refractivity (Wildman–Crippen MR) is 146 cm³/mol. The van der Waals surface area contributed by atoms with Crippen molar-refractivity contribution >= 4 is 17.7 Å². The van der Waals surface area contributed by atoms with Gasteiger partial charge < -0.3 is 45.5 Å². The monoisotopic (exact) mass is 555 g/mol. The molecule has 0 aliphatic rings. The molecule has 0 bridgehead atoms. The van der Waals surface area contributed by atoms with Crippen LogP contribution in [0, 0.1) is 0 Å². The second-order valence-corrected chi connectivity index (χ2v) is 8.69. The fourth-order valence-electron chi connectivity index (χ4n) is 3.13. The van der Waals surface area contributed by atoms with E-state index in [1.807, 2.05) is 0 Å². The van der Waals surface area contributed by atoms with Crippen molar-refractivity contribution in [2.75, 3.05) is 46.1 Å². The average molecular weight is 556 g/mol. The highest BCUT2D eigenvalue weighted by atomic mass is 16.7. The Hall–Kier alpha value is -2.87. The van der Waals surface area contributed by atoms with Crippen LogP contribution < -0.4 is 16.0 Å². The molecule has 39 heavy (non-hydrogen) atoms. The second-order valence-electron chi connectivity index (χ2n) is 8.69. The summed E-state index contributed by atoms with van der Waals surface area (Å²) in [5, 5.41) is 38.9. The molecule has 6 N–H and O–H groups in total. The highest BCUT2D eigenvalue weighted by Gasteiger charge is 2.29. The van der Waals surface area contributed by atoms with Gasteiger partial charge in [-0.25, -0.2) is 0 Å². The minimum atomic E-state index is -1.81. The van der Waals surface area contributed by atoms with E-state index in [1.165, 1.54) is 18.2 Å². The first-order valence-electron chi connectivity index (χ1n) is 12.8. The zero-order chi connectivity index (χ0) is 29.5. The SMILES string of the molecule is C=CC(=O)NCCCC(O)COCC(COCC(O)CCCNC(=O)C=C)OC(O)(C=C)CCNC(=O)C=C. The van der Waals surface area contributed by atoms with Crippen molar-refractivity contribution in [1.82, 2.24) is 16.0 Å². The van der Waals surface area contributed by atoms with Gasteiger partial charge in [-0.15, -0.1) is 0 Å². The molecular formula is C27H45N3O9. The van der Waals surface area contributed by atoms with Crippen LogP contribution in [0.25, 0.3) is 0 Å². The average Bonchev–Trinajstić information content (AvgIpc) is 2.92. The molecule has 0 radical (unpaired) electrons. The smallest absolute Gasteiger partial charge is 0.243 e. The number of carbonyl (C=O) groups is 3. The van der Waals surface area contributed by atoms with Crippen molar-refractivity contribution in [2.24, 2.45) is 0 Å². The maximum Gasteiger partial charge on any atom is 0.243 e. The van der Waals surface area contributed by atoms with E-state index in [2.05, 4.69) is 42.3 Å². The Morgan fingerprint density at radius 3 is 1.51 bits per heavy atom. The number of nitrogens with one attached hydrogen (secondary N) is 3. The summed E-state index contributed by atoms with van der Waals surface area (Å²) >= 11 is 0. The van der Waals surface area contributed by atoms with Gasteiger partial charge in [0, 0.05) is 26.1 Å². The Bertz CT molecular complexity index is 738. The largest absolute Gasteiger partial charge is 0.391 e. The lowest BCUT2D eigenvalue weighted by molar-refractivity contribution is -0.222. The van der Waals surface area contributed by atoms with E-state index in [4.69, 9.17) is 14.2 Å². The fourth-order valence-corrected chi connectivity index (χ4v) is 3.13. The third-order valence-electron chi connectivity index (χ3n) is 5.28. The van der Waals surface area contributed by atoms with Crippen molar-refractivity contribution in [3.05, 3.63) is 50.6 Å². The molecule has 0 aliphatic carbocycles. The van der Waals surface area contributed by atoms with E-state index in [1.54, 1.807) is 0 Å². The second kappa shape index (κ2) is 22.0. The molecular weight excluding hydrogens is 510 g/mol. The number of carbonyl (C=O) groups excluding carboxylic acids is 3. The van der Waals surface area contributed by atoms with Crippen molar-refractivity contribution in [3.8, 4) is 0 Å². The van der Waals surface area contributed by atoms with Gasteiger partial charge in [0.15, 0.2) is 5.79 Å². The number of aliphatic hydroxyl groups excluding tert-OH is 2. The number of ether oxygens (including phenoxy) is 3. The summed E-state index contributed by atoms with van der Waals surface area (Å²) in [4.78, 5) is 33.7. The van der Waals surface area contributed by atoms with Crippen molar-refractivity contribution in [3.63, 3.8) is 0 Å². The van der Waals surface area contributed by atoms with Gasteiger partial charge in [0.25, 0.3) is 0 Å². The van der Waals surface area contributed by atoms with Gasteiger partial charge in [-0.1, -0.05) is 26.3 Å². The standard InChI is InChI=1S/C27H45N3O9/c1-5-24(33)28-14-9-11-21(31)17-37-19-23(39-27(36,8-4)13-16-30-26(35)7-3)20-38-18-22(32)12-10-15-29-25(34)6-2/h5-8,21-23,31-32,36H,1-4,9-20H2,(H,28,33)(H,29,34)(H,30,35). The van der Waals surface area contributed by atoms with Gasteiger partial charge in [0.1, 0.15) is 6.10 Å². The topological polar surface area (TPSA) is 176 Å². The van der Waals surface area contributed by atoms with Crippen LogP contribution in [0.4, 0.5) is 0 Å². The van der Waals surface area contributed by atoms with Crippen LogP contribution in [-0.2, 0) is 28.6 Å². The molecule has 0 aromatic rings. The van der Waals surface area contributed by atoms with Crippen molar-refractivity contribution in [2.45, 2.75) is 56.2 Å². The van der Waals surface area contributed by atoms with E-state index in [0.29, 0.717) is 38.8 Å². The highest BCUT2D eigenvalue weighted by Crippen LogP contribution is 2.17. The summed E-state index contributed by atoms with van der Waals surface area (Å²) in [6, 6.07) is 0. The third kappa shape index (κ3) is 19.8. The van der Waals surface area contributed by atoms with Crippen LogP contribution >= 0.6 is 0 Å². The van der Waals surface area contributed by atoms with Crippen LogP contribution in [0.5, 0.6) is 0 Å². The van der Waals surface area contributed by atoms with Crippen LogP contribution in [-0.4, -0.2) is 103 Å².